The van der Waals surface area contributed by atoms with Gasteiger partial charge in [0.2, 0.25) is 0 Å². The maximum Gasteiger partial charge on any atom is 0.0122 e. The molecule has 0 heterocycles. The average molecular weight is 341 g/mol. The van der Waals surface area contributed by atoms with Gasteiger partial charge in [-0.3, -0.25) is 0 Å². The lowest BCUT2D eigenvalue weighted by molar-refractivity contribution is 1.03. The van der Waals surface area contributed by atoms with Gasteiger partial charge in [-0.2, -0.15) is 0 Å². The van der Waals surface area contributed by atoms with Crippen molar-refractivity contribution >= 4 is 11.8 Å². The van der Waals surface area contributed by atoms with Crippen LogP contribution in [-0.4, -0.2) is 0 Å². The van der Waals surface area contributed by atoms with Gasteiger partial charge in [-0.1, -0.05) is 112 Å². The summed E-state index contributed by atoms with van der Waals surface area (Å²) in [6.45, 7) is 10.1. The number of thioether (sulfide) groups is 1. The first-order valence-corrected chi connectivity index (χ1v) is 9.77. The Morgan fingerprint density at radius 3 is 1.67 bits per heavy atom. The van der Waals surface area contributed by atoms with Crippen LogP contribution in [0.25, 0.3) is 0 Å². The third kappa shape index (κ3) is 10.9. The van der Waals surface area contributed by atoms with Gasteiger partial charge < -0.3 is 0 Å². The topological polar surface area (TPSA) is 0 Å². The van der Waals surface area contributed by atoms with Crippen molar-refractivity contribution in [3.63, 3.8) is 0 Å². The molecule has 2 aromatic rings. The minimum atomic E-state index is 1.19. The summed E-state index contributed by atoms with van der Waals surface area (Å²) in [6.07, 6.45) is 9.13. The Kier molecular flexibility index (Phi) is 15.0. The van der Waals surface area contributed by atoms with E-state index in [0.29, 0.717) is 0 Å². The number of hydrogen-bond acceptors (Lipinski definition) is 1. The van der Waals surface area contributed by atoms with E-state index in [-0.39, 0.29) is 0 Å². The fourth-order valence-electron chi connectivity index (χ4n) is 1.82. The van der Waals surface area contributed by atoms with Crippen LogP contribution < -0.4 is 0 Å². The molecule has 0 bridgehead atoms. The maximum absolute atomic E-state index is 2.30. The highest BCUT2D eigenvalue weighted by atomic mass is 32.2. The van der Waals surface area contributed by atoms with Crippen molar-refractivity contribution in [3.8, 4) is 0 Å². The van der Waals surface area contributed by atoms with Crippen molar-refractivity contribution in [3.05, 3.63) is 89.4 Å². The van der Waals surface area contributed by atoms with Crippen molar-refractivity contribution in [2.45, 2.75) is 52.4 Å². The molecular weight excluding hydrogens is 308 g/mol. The molecule has 1 aliphatic rings. The predicted molar refractivity (Wildman–Crippen MR) is 113 cm³/mol. The minimum absolute atomic E-state index is 1.19. The molecule has 0 aromatic heterocycles. The summed E-state index contributed by atoms with van der Waals surface area (Å²) < 4.78 is 0. The molecule has 130 valence electrons. The van der Waals surface area contributed by atoms with E-state index < -0.39 is 0 Å². The normalized spacial score (nSPS) is 11.5. The third-order valence-corrected chi connectivity index (χ3v) is 3.93. The van der Waals surface area contributed by atoms with Gasteiger partial charge in [0.25, 0.3) is 0 Å². The van der Waals surface area contributed by atoms with Gasteiger partial charge in [0, 0.05) is 9.80 Å². The lowest BCUT2D eigenvalue weighted by Gasteiger charge is -2.05. The lowest BCUT2D eigenvalue weighted by atomic mass is 10.2. The van der Waals surface area contributed by atoms with Crippen LogP contribution >= 0.6 is 11.8 Å². The van der Waals surface area contributed by atoms with Gasteiger partial charge in [-0.15, -0.1) is 0 Å². The zero-order valence-corrected chi connectivity index (χ0v) is 16.6. The molecule has 0 radical (unpaired) electrons. The van der Waals surface area contributed by atoms with Crippen molar-refractivity contribution in [2.75, 3.05) is 0 Å². The van der Waals surface area contributed by atoms with Crippen LogP contribution in [0.3, 0.4) is 0 Å². The SMILES string of the molecule is C1=CC(Sc2ccccc2)=CCC1.CC.CC.Cc1ccccc1. The second-order valence-corrected chi connectivity index (χ2v) is 5.80. The molecule has 3 rings (SSSR count). The van der Waals surface area contributed by atoms with Crippen LogP contribution in [0, 0.1) is 6.92 Å². The first-order chi connectivity index (χ1) is 11.8. The fourth-order valence-corrected chi connectivity index (χ4v) is 2.75. The lowest BCUT2D eigenvalue weighted by Crippen LogP contribution is -1.79. The molecule has 0 unspecified atom stereocenters. The molecule has 24 heavy (non-hydrogen) atoms. The zero-order chi connectivity index (χ0) is 18.0. The van der Waals surface area contributed by atoms with Crippen molar-refractivity contribution in [1.82, 2.24) is 0 Å². The van der Waals surface area contributed by atoms with Crippen LogP contribution in [0.2, 0.25) is 0 Å². The monoisotopic (exact) mass is 340 g/mol. The molecular formula is C23H32S. The summed E-state index contributed by atoms with van der Waals surface area (Å²) in [5.74, 6) is 0. The van der Waals surface area contributed by atoms with Crippen LogP contribution in [0.15, 0.2) is 88.7 Å². The molecule has 1 heteroatoms. The molecule has 0 atom stereocenters. The van der Waals surface area contributed by atoms with Crippen LogP contribution in [0.4, 0.5) is 0 Å². The Morgan fingerprint density at radius 2 is 1.25 bits per heavy atom. The summed E-state index contributed by atoms with van der Waals surface area (Å²) in [5, 5.41) is 0. The Bertz CT molecular complexity index is 553. The van der Waals surface area contributed by atoms with Crippen LogP contribution in [0.1, 0.15) is 46.1 Å². The summed E-state index contributed by atoms with van der Waals surface area (Å²) in [6, 6.07) is 20.8. The van der Waals surface area contributed by atoms with E-state index in [1.807, 2.05) is 57.7 Å². The molecule has 0 saturated heterocycles. The predicted octanol–water partition coefficient (Wildman–Crippen LogP) is 8.06. The molecule has 0 spiro atoms. The molecule has 0 saturated carbocycles. The van der Waals surface area contributed by atoms with Gasteiger partial charge in [0.1, 0.15) is 0 Å². The van der Waals surface area contributed by atoms with Crippen molar-refractivity contribution in [2.24, 2.45) is 0 Å². The molecule has 2 aromatic carbocycles. The number of allylic oxidation sites excluding steroid dienone is 3. The van der Waals surface area contributed by atoms with E-state index in [1.54, 1.807) is 0 Å². The zero-order valence-electron chi connectivity index (χ0n) is 15.8. The molecule has 1 aliphatic carbocycles. The summed E-state index contributed by atoms with van der Waals surface area (Å²) >= 11 is 1.84. The first-order valence-electron chi connectivity index (χ1n) is 8.96. The smallest absolute Gasteiger partial charge is 0.0122 e. The van der Waals surface area contributed by atoms with E-state index in [9.17, 15) is 0 Å². The van der Waals surface area contributed by atoms with Crippen molar-refractivity contribution < 1.29 is 0 Å². The second-order valence-electron chi connectivity index (χ2n) is 4.66. The number of benzene rings is 2. The van der Waals surface area contributed by atoms with Crippen LogP contribution in [0.5, 0.6) is 0 Å². The van der Waals surface area contributed by atoms with E-state index in [0.717, 1.165) is 0 Å². The highest BCUT2D eigenvalue weighted by Gasteiger charge is 1.98. The highest BCUT2D eigenvalue weighted by molar-refractivity contribution is 8.03. The van der Waals surface area contributed by atoms with E-state index >= 15 is 0 Å². The summed E-state index contributed by atoms with van der Waals surface area (Å²) in [4.78, 5) is 2.69. The average Bonchev–Trinajstić information content (AvgIpc) is 2.68. The molecule has 0 amide bonds. The number of aryl methyl sites for hydroxylation is 1. The second kappa shape index (κ2) is 16.1. The molecule has 0 aliphatic heterocycles. The fraction of sp³-hybridized carbons (Fsp3) is 0.304. The minimum Gasteiger partial charge on any atom is -0.0905 e. The van der Waals surface area contributed by atoms with Gasteiger partial charge in [-0.05, 0) is 31.9 Å². The van der Waals surface area contributed by atoms with Crippen LogP contribution in [-0.2, 0) is 0 Å². The van der Waals surface area contributed by atoms with Gasteiger partial charge in [-0.25, -0.2) is 0 Å². The van der Waals surface area contributed by atoms with E-state index in [4.69, 9.17) is 0 Å². The number of rotatable bonds is 2. The van der Waals surface area contributed by atoms with E-state index in [2.05, 4.69) is 67.6 Å². The van der Waals surface area contributed by atoms with Gasteiger partial charge >= 0.3 is 0 Å². The molecule has 0 nitrogen and oxygen atoms in total. The quantitative estimate of drug-likeness (QED) is 0.532. The van der Waals surface area contributed by atoms with Gasteiger partial charge in [0.05, 0.1) is 0 Å². The maximum atomic E-state index is 2.30. The Morgan fingerprint density at radius 1 is 0.708 bits per heavy atom. The Hall–Kier alpha value is -1.73. The standard InChI is InChI=1S/C12H12S.C7H8.2C2H6/c1-3-7-11(8-4-1)13-12-9-5-2-6-10-12;1-7-5-3-2-4-6-7;2*1-2/h1,3-5,7-10H,2,6H2;2-6H,1H3;2*1-2H3. The Labute approximate surface area is 153 Å². The van der Waals surface area contributed by atoms with Crippen molar-refractivity contribution in [1.29, 1.82) is 0 Å². The highest BCUT2D eigenvalue weighted by Crippen LogP contribution is 2.29. The summed E-state index contributed by atoms with van der Waals surface area (Å²) in [7, 11) is 0. The van der Waals surface area contributed by atoms with E-state index in [1.165, 1.54) is 28.2 Å². The number of hydrogen-bond donors (Lipinski definition) is 0. The molecule has 0 N–H and O–H groups in total. The Balaban J connectivity index is 0.000000408. The third-order valence-electron chi connectivity index (χ3n) is 2.88. The van der Waals surface area contributed by atoms with Gasteiger partial charge in [0.15, 0.2) is 0 Å². The largest absolute Gasteiger partial charge is 0.0905 e. The first kappa shape index (κ1) is 22.3. The molecule has 0 fully saturated rings. The summed E-state index contributed by atoms with van der Waals surface area (Å²) in [5.41, 5.74) is 1.32.